The van der Waals surface area contributed by atoms with Crippen LogP contribution >= 0.6 is 11.5 Å². The molecule has 2 heterocycles. The van der Waals surface area contributed by atoms with Crippen LogP contribution in [0.4, 0.5) is 0 Å². The average Bonchev–Trinajstić information content (AvgIpc) is 2.71. The number of hydrogen-bond acceptors (Lipinski definition) is 4. The molecule has 72 valence electrons. The third-order valence-electron chi connectivity index (χ3n) is 2.06. The highest BCUT2D eigenvalue weighted by Gasteiger charge is 2.10. The zero-order valence-corrected chi connectivity index (χ0v) is 8.66. The van der Waals surface area contributed by atoms with E-state index in [0.29, 0.717) is 0 Å². The monoisotopic (exact) mass is 205 g/mol. The highest BCUT2D eigenvalue weighted by atomic mass is 32.1. The third-order valence-corrected chi connectivity index (χ3v) is 2.89. The van der Waals surface area contributed by atoms with Crippen molar-refractivity contribution in [2.75, 3.05) is 0 Å². The van der Waals surface area contributed by atoms with Crippen molar-refractivity contribution in [3.63, 3.8) is 0 Å². The number of pyridine rings is 1. The Morgan fingerprint density at radius 3 is 2.79 bits per heavy atom. The standard InChI is InChI=1S/C10H11N3S/c1-7-2-3-8(6-12-7)10(11)9-4-5-13-14-9/h2-6,10H,11H2,1H3. The summed E-state index contributed by atoms with van der Waals surface area (Å²) < 4.78 is 4.03. The molecule has 2 aromatic heterocycles. The Hall–Kier alpha value is -1.26. The second-order valence-electron chi connectivity index (χ2n) is 3.13. The summed E-state index contributed by atoms with van der Waals surface area (Å²) in [5, 5.41) is 0. The molecule has 0 saturated heterocycles. The molecule has 0 aliphatic carbocycles. The minimum Gasteiger partial charge on any atom is -0.320 e. The van der Waals surface area contributed by atoms with Gasteiger partial charge in [-0.15, -0.1) is 0 Å². The summed E-state index contributed by atoms with van der Waals surface area (Å²) in [5.41, 5.74) is 8.07. The first-order valence-corrected chi connectivity index (χ1v) is 5.13. The number of aryl methyl sites for hydroxylation is 1. The SMILES string of the molecule is Cc1ccc(C(N)c2ccns2)cn1. The largest absolute Gasteiger partial charge is 0.320 e. The van der Waals surface area contributed by atoms with Gasteiger partial charge in [-0.2, -0.15) is 0 Å². The molecule has 0 fully saturated rings. The molecule has 3 nitrogen and oxygen atoms in total. The summed E-state index contributed by atoms with van der Waals surface area (Å²) in [4.78, 5) is 5.28. The van der Waals surface area contributed by atoms with Crippen molar-refractivity contribution in [3.8, 4) is 0 Å². The number of rotatable bonds is 2. The first-order chi connectivity index (χ1) is 6.77. The van der Waals surface area contributed by atoms with Crippen LogP contribution in [0.25, 0.3) is 0 Å². The molecule has 0 aromatic carbocycles. The van der Waals surface area contributed by atoms with E-state index in [0.717, 1.165) is 16.1 Å². The van der Waals surface area contributed by atoms with Gasteiger partial charge in [0.2, 0.25) is 0 Å². The van der Waals surface area contributed by atoms with Crippen LogP contribution in [0.5, 0.6) is 0 Å². The Morgan fingerprint density at radius 2 is 2.21 bits per heavy atom. The van der Waals surface area contributed by atoms with Crippen LogP contribution in [0.1, 0.15) is 22.2 Å². The molecule has 0 aliphatic heterocycles. The molecule has 2 aromatic rings. The maximum atomic E-state index is 6.04. The van der Waals surface area contributed by atoms with E-state index in [1.807, 2.05) is 31.3 Å². The predicted molar refractivity (Wildman–Crippen MR) is 57.1 cm³/mol. The summed E-state index contributed by atoms with van der Waals surface area (Å²) in [6, 6.07) is 5.81. The maximum absolute atomic E-state index is 6.04. The van der Waals surface area contributed by atoms with Crippen LogP contribution in [0.2, 0.25) is 0 Å². The minimum atomic E-state index is -0.101. The second kappa shape index (κ2) is 3.86. The Labute approximate surface area is 86.8 Å². The van der Waals surface area contributed by atoms with E-state index in [-0.39, 0.29) is 6.04 Å². The van der Waals surface area contributed by atoms with E-state index in [4.69, 9.17) is 5.73 Å². The van der Waals surface area contributed by atoms with E-state index in [1.165, 1.54) is 11.5 Å². The first-order valence-electron chi connectivity index (χ1n) is 4.36. The van der Waals surface area contributed by atoms with Crippen molar-refractivity contribution in [1.29, 1.82) is 0 Å². The molecule has 0 aliphatic rings. The zero-order chi connectivity index (χ0) is 9.97. The lowest BCUT2D eigenvalue weighted by Gasteiger charge is -2.08. The van der Waals surface area contributed by atoms with E-state index in [9.17, 15) is 0 Å². The van der Waals surface area contributed by atoms with E-state index >= 15 is 0 Å². The van der Waals surface area contributed by atoms with E-state index in [1.54, 1.807) is 6.20 Å². The topological polar surface area (TPSA) is 51.8 Å². The van der Waals surface area contributed by atoms with Crippen molar-refractivity contribution in [2.45, 2.75) is 13.0 Å². The molecule has 0 spiro atoms. The Kier molecular flexibility index (Phi) is 2.56. The molecular weight excluding hydrogens is 194 g/mol. The fourth-order valence-electron chi connectivity index (χ4n) is 1.21. The molecule has 14 heavy (non-hydrogen) atoms. The fraction of sp³-hybridized carbons (Fsp3) is 0.200. The van der Waals surface area contributed by atoms with Crippen molar-refractivity contribution >= 4 is 11.5 Å². The van der Waals surface area contributed by atoms with Gasteiger partial charge in [0.05, 0.1) is 6.04 Å². The summed E-state index contributed by atoms with van der Waals surface area (Å²) in [6.07, 6.45) is 3.58. The second-order valence-corrected chi connectivity index (χ2v) is 3.99. The minimum absolute atomic E-state index is 0.101. The molecule has 0 saturated carbocycles. The number of nitrogens with zero attached hydrogens (tertiary/aromatic N) is 2. The molecule has 2 N–H and O–H groups in total. The number of aromatic nitrogens is 2. The highest BCUT2D eigenvalue weighted by Crippen LogP contribution is 2.21. The lowest BCUT2D eigenvalue weighted by molar-refractivity contribution is 0.881. The van der Waals surface area contributed by atoms with Gasteiger partial charge in [-0.1, -0.05) is 6.07 Å². The maximum Gasteiger partial charge on any atom is 0.0677 e. The molecular formula is C10H11N3S. The van der Waals surface area contributed by atoms with Crippen molar-refractivity contribution in [3.05, 3.63) is 46.7 Å². The molecule has 4 heteroatoms. The summed E-state index contributed by atoms with van der Waals surface area (Å²) in [7, 11) is 0. The Bertz CT molecular complexity index is 394. The van der Waals surface area contributed by atoms with Gasteiger partial charge in [0.25, 0.3) is 0 Å². The van der Waals surface area contributed by atoms with Gasteiger partial charge in [0.1, 0.15) is 0 Å². The van der Waals surface area contributed by atoms with Crippen LogP contribution in [0, 0.1) is 6.92 Å². The summed E-state index contributed by atoms with van der Waals surface area (Å²) in [5.74, 6) is 0. The van der Waals surface area contributed by atoms with Crippen molar-refractivity contribution in [2.24, 2.45) is 5.73 Å². The Morgan fingerprint density at radius 1 is 1.36 bits per heavy atom. The quantitative estimate of drug-likeness (QED) is 0.814. The predicted octanol–water partition coefficient (Wildman–Crippen LogP) is 1.89. The van der Waals surface area contributed by atoms with Gasteiger partial charge in [-0.05, 0) is 36.2 Å². The summed E-state index contributed by atoms with van der Waals surface area (Å²) >= 11 is 1.43. The Balaban J connectivity index is 2.28. The van der Waals surface area contributed by atoms with Gasteiger partial charge >= 0.3 is 0 Å². The highest BCUT2D eigenvalue weighted by molar-refractivity contribution is 7.05. The van der Waals surface area contributed by atoms with Crippen LogP contribution in [-0.4, -0.2) is 9.36 Å². The van der Waals surface area contributed by atoms with Gasteiger partial charge in [0.15, 0.2) is 0 Å². The normalized spacial score (nSPS) is 12.7. The molecule has 2 rings (SSSR count). The zero-order valence-electron chi connectivity index (χ0n) is 7.84. The third kappa shape index (κ3) is 1.81. The van der Waals surface area contributed by atoms with Crippen LogP contribution in [0.3, 0.4) is 0 Å². The van der Waals surface area contributed by atoms with Gasteiger partial charge in [0, 0.05) is 23.0 Å². The summed E-state index contributed by atoms with van der Waals surface area (Å²) in [6.45, 7) is 1.96. The van der Waals surface area contributed by atoms with Crippen LogP contribution in [0.15, 0.2) is 30.6 Å². The average molecular weight is 205 g/mol. The first kappa shape index (κ1) is 9.30. The van der Waals surface area contributed by atoms with Gasteiger partial charge < -0.3 is 5.73 Å². The van der Waals surface area contributed by atoms with Crippen LogP contribution in [-0.2, 0) is 0 Å². The molecule has 1 unspecified atom stereocenters. The molecule has 0 radical (unpaired) electrons. The lowest BCUT2D eigenvalue weighted by Crippen LogP contribution is -2.10. The van der Waals surface area contributed by atoms with Crippen molar-refractivity contribution in [1.82, 2.24) is 9.36 Å². The van der Waals surface area contributed by atoms with E-state index in [2.05, 4.69) is 9.36 Å². The molecule has 0 bridgehead atoms. The molecule has 0 amide bonds. The fourth-order valence-corrected chi connectivity index (χ4v) is 1.83. The number of hydrogen-bond donors (Lipinski definition) is 1. The smallest absolute Gasteiger partial charge is 0.0677 e. The molecule has 1 atom stereocenters. The van der Waals surface area contributed by atoms with Crippen molar-refractivity contribution < 1.29 is 0 Å². The van der Waals surface area contributed by atoms with Gasteiger partial charge in [-0.3, -0.25) is 4.98 Å². The van der Waals surface area contributed by atoms with E-state index < -0.39 is 0 Å². The van der Waals surface area contributed by atoms with Gasteiger partial charge in [-0.25, -0.2) is 4.37 Å². The van der Waals surface area contributed by atoms with Crippen LogP contribution < -0.4 is 5.73 Å². The number of nitrogens with two attached hydrogens (primary N) is 1. The lowest BCUT2D eigenvalue weighted by atomic mass is 10.1.